The van der Waals surface area contributed by atoms with Crippen LogP contribution in [0, 0.1) is 10.1 Å². The van der Waals surface area contributed by atoms with Crippen molar-refractivity contribution < 1.29 is 10.0 Å². The van der Waals surface area contributed by atoms with Crippen molar-refractivity contribution in [1.29, 1.82) is 0 Å². The van der Waals surface area contributed by atoms with Crippen LogP contribution in [0.15, 0.2) is 84.9 Å². The first kappa shape index (κ1) is 15.8. The molecule has 4 aromatic rings. The van der Waals surface area contributed by atoms with Crippen LogP contribution in [0.25, 0.3) is 33.0 Å². The number of phenolic OH excluding ortho intramolecular Hbond substituents is 1. The topological polar surface area (TPSA) is 63.4 Å². The van der Waals surface area contributed by atoms with E-state index in [1.54, 1.807) is 24.3 Å². The van der Waals surface area contributed by atoms with Gasteiger partial charge in [-0.15, -0.1) is 0 Å². The molecule has 0 aliphatic heterocycles. The van der Waals surface area contributed by atoms with E-state index >= 15 is 0 Å². The van der Waals surface area contributed by atoms with E-state index < -0.39 is 4.92 Å². The van der Waals surface area contributed by atoms with Gasteiger partial charge in [-0.2, -0.15) is 0 Å². The molecule has 0 aliphatic rings. The van der Waals surface area contributed by atoms with Gasteiger partial charge in [-0.1, -0.05) is 54.6 Å². The number of nitro benzene ring substituents is 1. The Morgan fingerprint density at radius 2 is 1.46 bits per heavy atom. The molecule has 0 bridgehead atoms. The maximum Gasteiger partial charge on any atom is 0.270 e. The number of fused-ring (bicyclic) bond motifs is 1. The average molecular weight is 341 g/mol. The molecule has 0 unspecified atom stereocenters. The van der Waals surface area contributed by atoms with Crippen LogP contribution >= 0.6 is 0 Å². The number of hydrogen-bond donors (Lipinski definition) is 1. The lowest BCUT2D eigenvalue weighted by atomic mass is 9.95. The molecule has 0 heterocycles. The van der Waals surface area contributed by atoms with E-state index in [-0.39, 0.29) is 11.4 Å². The molecule has 4 nitrogen and oxygen atoms in total. The van der Waals surface area contributed by atoms with Crippen molar-refractivity contribution >= 4 is 16.5 Å². The zero-order valence-electron chi connectivity index (χ0n) is 13.8. The van der Waals surface area contributed by atoms with Crippen LogP contribution in [0.5, 0.6) is 5.75 Å². The normalized spacial score (nSPS) is 10.8. The fraction of sp³-hybridized carbons (Fsp3) is 0. The molecule has 0 aliphatic carbocycles. The van der Waals surface area contributed by atoms with E-state index in [9.17, 15) is 15.2 Å². The predicted octanol–water partition coefficient (Wildman–Crippen LogP) is 5.79. The van der Waals surface area contributed by atoms with Crippen LogP contribution in [0.1, 0.15) is 0 Å². The number of non-ortho nitro benzene ring substituents is 1. The maximum absolute atomic E-state index is 11.0. The van der Waals surface area contributed by atoms with Crippen molar-refractivity contribution in [2.24, 2.45) is 0 Å². The summed E-state index contributed by atoms with van der Waals surface area (Å²) >= 11 is 0. The van der Waals surface area contributed by atoms with Gasteiger partial charge in [0.15, 0.2) is 0 Å². The largest absolute Gasteiger partial charge is 0.508 e. The molecule has 0 fully saturated rings. The quantitative estimate of drug-likeness (QED) is 0.379. The third-order valence-corrected chi connectivity index (χ3v) is 4.41. The van der Waals surface area contributed by atoms with E-state index in [1.807, 2.05) is 48.5 Å². The first-order chi connectivity index (χ1) is 12.6. The molecular formula is C22H15NO3. The number of nitrogens with zero attached hydrogens (tertiary/aromatic N) is 1. The second-order valence-corrected chi connectivity index (χ2v) is 6.10. The van der Waals surface area contributed by atoms with Gasteiger partial charge in [-0.25, -0.2) is 0 Å². The van der Waals surface area contributed by atoms with Crippen molar-refractivity contribution in [3.05, 3.63) is 95.0 Å². The maximum atomic E-state index is 11.0. The molecule has 1 N–H and O–H groups in total. The van der Waals surface area contributed by atoms with Gasteiger partial charge in [0.05, 0.1) is 4.92 Å². The van der Waals surface area contributed by atoms with Gasteiger partial charge in [-0.05, 0) is 51.2 Å². The molecule has 0 amide bonds. The van der Waals surface area contributed by atoms with Gasteiger partial charge in [0, 0.05) is 12.1 Å². The molecule has 4 rings (SSSR count). The molecule has 26 heavy (non-hydrogen) atoms. The fourth-order valence-electron chi connectivity index (χ4n) is 3.21. The van der Waals surface area contributed by atoms with E-state index in [4.69, 9.17) is 0 Å². The standard InChI is InChI=1S/C22H15NO3/c24-20-13-17(16-7-3-8-19(12-16)23(25)26)11-18(14-20)22-10-4-6-15-5-1-2-9-21(15)22/h1-14,24H. The summed E-state index contributed by atoms with van der Waals surface area (Å²) in [5, 5.41) is 23.5. The second-order valence-electron chi connectivity index (χ2n) is 6.10. The summed E-state index contributed by atoms with van der Waals surface area (Å²) in [5.41, 5.74) is 3.32. The van der Waals surface area contributed by atoms with E-state index in [0.717, 1.165) is 27.5 Å². The molecule has 0 saturated heterocycles. The summed E-state index contributed by atoms with van der Waals surface area (Å²) in [5.74, 6) is 0.122. The average Bonchev–Trinajstić information content (AvgIpc) is 2.67. The van der Waals surface area contributed by atoms with Gasteiger partial charge in [0.25, 0.3) is 5.69 Å². The molecule has 4 heteroatoms. The highest BCUT2D eigenvalue weighted by Crippen LogP contribution is 2.35. The van der Waals surface area contributed by atoms with Crippen LogP contribution in [-0.2, 0) is 0 Å². The number of benzene rings is 4. The zero-order valence-corrected chi connectivity index (χ0v) is 13.8. The Morgan fingerprint density at radius 1 is 0.731 bits per heavy atom. The van der Waals surface area contributed by atoms with E-state index in [2.05, 4.69) is 0 Å². The van der Waals surface area contributed by atoms with E-state index in [0.29, 0.717) is 5.56 Å². The van der Waals surface area contributed by atoms with Crippen LogP contribution in [0.3, 0.4) is 0 Å². The molecule has 0 radical (unpaired) electrons. The number of rotatable bonds is 3. The van der Waals surface area contributed by atoms with E-state index in [1.165, 1.54) is 12.1 Å². The first-order valence-corrected chi connectivity index (χ1v) is 8.19. The van der Waals surface area contributed by atoms with Crippen molar-refractivity contribution in [1.82, 2.24) is 0 Å². The summed E-state index contributed by atoms with van der Waals surface area (Å²) < 4.78 is 0. The smallest absolute Gasteiger partial charge is 0.270 e. The summed E-state index contributed by atoms with van der Waals surface area (Å²) in [7, 11) is 0. The summed E-state index contributed by atoms with van der Waals surface area (Å²) in [6.07, 6.45) is 0. The SMILES string of the molecule is O=[N+]([O-])c1cccc(-c2cc(O)cc(-c3cccc4ccccc34)c2)c1. The first-order valence-electron chi connectivity index (χ1n) is 8.19. The Morgan fingerprint density at radius 3 is 2.31 bits per heavy atom. The van der Waals surface area contributed by atoms with Crippen molar-refractivity contribution in [2.75, 3.05) is 0 Å². The molecule has 0 spiro atoms. The number of phenols is 1. The van der Waals surface area contributed by atoms with Crippen LogP contribution in [-0.4, -0.2) is 10.0 Å². The Balaban J connectivity index is 1.90. The Kier molecular flexibility index (Phi) is 3.86. The molecule has 0 atom stereocenters. The van der Waals surface area contributed by atoms with Gasteiger partial charge in [0.2, 0.25) is 0 Å². The van der Waals surface area contributed by atoms with Crippen molar-refractivity contribution in [3.8, 4) is 28.0 Å². The van der Waals surface area contributed by atoms with Gasteiger partial charge in [0.1, 0.15) is 5.75 Å². The summed E-state index contributed by atoms with van der Waals surface area (Å²) in [4.78, 5) is 10.6. The second kappa shape index (κ2) is 6.33. The van der Waals surface area contributed by atoms with Gasteiger partial charge in [-0.3, -0.25) is 10.1 Å². The van der Waals surface area contributed by atoms with Crippen molar-refractivity contribution in [2.45, 2.75) is 0 Å². The number of aromatic hydroxyl groups is 1. The lowest BCUT2D eigenvalue weighted by Gasteiger charge is -2.10. The highest BCUT2D eigenvalue weighted by Gasteiger charge is 2.11. The van der Waals surface area contributed by atoms with Crippen LogP contribution in [0.4, 0.5) is 5.69 Å². The minimum atomic E-state index is -0.419. The highest BCUT2D eigenvalue weighted by molar-refractivity contribution is 5.97. The fourth-order valence-corrected chi connectivity index (χ4v) is 3.21. The third kappa shape index (κ3) is 2.89. The lowest BCUT2D eigenvalue weighted by molar-refractivity contribution is -0.384. The number of hydrogen-bond acceptors (Lipinski definition) is 3. The summed E-state index contributed by atoms with van der Waals surface area (Å²) in [6, 6.07) is 25.8. The molecule has 4 aromatic carbocycles. The molecule has 0 aromatic heterocycles. The monoisotopic (exact) mass is 341 g/mol. The minimum Gasteiger partial charge on any atom is -0.508 e. The third-order valence-electron chi connectivity index (χ3n) is 4.41. The zero-order chi connectivity index (χ0) is 18.1. The molecule has 126 valence electrons. The van der Waals surface area contributed by atoms with Gasteiger partial charge < -0.3 is 5.11 Å². The number of nitro groups is 1. The Bertz CT molecular complexity index is 1130. The van der Waals surface area contributed by atoms with Crippen LogP contribution < -0.4 is 0 Å². The minimum absolute atomic E-state index is 0.0255. The van der Waals surface area contributed by atoms with Crippen molar-refractivity contribution in [3.63, 3.8) is 0 Å². The lowest BCUT2D eigenvalue weighted by Crippen LogP contribution is -1.89. The highest BCUT2D eigenvalue weighted by atomic mass is 16.6. The summed E-state index contributed by atoms with van der Waals surface area (Å²) in [6.45, 7) is 0. The van der Waals surface area contributed by atoms with Gasteiger partial charge >= 0.3 is 0 Å². The predicted molar refractivity (Wildman–Crippen MR) is 103 cm³/mol. The van der Waals surface area contributed by atoms with Crippen LogP contribution in [0.2, 0.25) is 0 Å². The molecule has 0 saturated carbocycles. The Hall–Kier alpha value is -3.66. The Labute approximate surface area is 150 Å². The molecular weight excluding hydrogens is 326 g/mol.